The van der Waals surface area contributed by atoms with Gasteiger partial charge in [-0.15, -0.1) is 0 Å². The minimum absolute atomic E-state index is 0.296. The molecule has 0 amide bonds. The van der Waals surface area contributed by atoms with Gasteiger partial charge in [-0.3, -0.25) is 0 Å². The van der Waals surface area contributed by atoms with Crippen molar-refractivity contribution < 1.29 is 0 Å². The highest BCUT2D eigenvalue weighted by atomic mass is 35.5. The normalized spacial score (nSPS) is 10.9. The first-order chi connectivity index (χ1) is 8.59. The van der Waals surface area contributed by atoms with Crippen molar-refractivity contribution in [2.45, 2.75) is 33.2 Å². The van der Waals surface area contributed by atoms with Gasteiger partial charge in [-0.25, -0.2) is 9.97 Å². The van der Waals surface area contributed by atoms with Crippen molar-refractivity contribution in [2.75, 3.05) is 5.32 Å². The molecule has 0 radical (unpaired) electrons. The second-order valence-corrected chi connectivity index (χ2v) is 5.62. The SMILES string of the molecule is Cc1cscc1CNc1ncnc(Cl)c1C(C)C. The Balaban J connectivity index is 2.19. The lowest BCUT2D eigenvalue weighted by Crippen LogP contribution is -2.07. The molecule has 0 aliphatic carbocycles. The lowest BCUT2D eigenvalue weighted by molar-refractivity contribution is 0.844. The maximum absolute atomic E-state index is 6.13. The van der Waals surface area contributed by atoms with Crippen LogP contribution < -0.4 is 5.32 Å². The molecule has 3 nitrogen and oxygen atoms in total. The first kappa shape index (κ1) is 13.3. The first-order valence-corrected chi connectivity index (χ1v) is 7.17. The third-order valence-corrected chi connectivity index (χ3v) is 4.03. The Morgan fingerprint density at radius 3 is 2.72 bits per heavy atom. The highest BCUT2D eigenvalue weighted by Crippen LogP contribution is 2.28. The summed E-state index contributed by atoms with van der Waals surface area (Å²) in [6, 6.07) is 0. The van der Waals surface area contributed by atoms with E-state index >= 15 is 0 Å². The van der Waals surface area contributed by atoms with Crippen molar-refractivity contribution in [2.24, 2.45) is 0 Å². The number of halogens is 1. The van der Waals surface area contributed by atoms with E-state index in [9.17, 15) is 0 Å². The van der Waals surface area contributed by atoms with E-state index in [-0.39, 0.29) is 0 Å². The Morgan fingerprint density at radius 2 is 2.11 bits per heavy atom. The summed E-state index contributed by atoms with van der Waals surface area (Å²) in [6.07, 6.45) is 1.50. The summed E-state index contributed by atoms with van der Waals surface area (Å²) in [5.41, 5.74) is 3.58. The van der Waals surface area contributed by atoms with E-state index in [1.54, 1.807) is 11.3 Å². The summed E-state index contributed by atoms with van der Waals surface area (Å²) in [5, 5.41) is 8.18. The quantitative estimate of drug-likeness (QED) is 0.852. The average molecular weight is 282 g/mol. The molecule has 0 saturated heterocycles. The van der Waals surface area contributed by atoms with E-state index in [0.29, 0.717) is 11.1 Å². The largest absolute Gasteiger partial charge is 0.366 e. The molecule has 2 rings (SSSR count). The third kappa shape index (κ3) is 2.82. The van der Waals surface area contributed by atoms with Gasteiger partial charge in [0.1, 0.15) is 17.3 Å². The van der Waals surface area contributed by atoms with Crippen LogP contribution in [0.25, 0.3) is 0 Å². The van der Waals surface area contributed by atoms with Gasteiger partial charge in [-0.1, -0.05) is 25.4 Å². The Kier molecular flexibility index (Phi) is 4.19. The van der Waals surface area contributed by atoms with Crippen LogP contribution in [0.1, 0.15) is 36.5 Å². The summed E-state index contributed by atoms with van der Waals surface area (Å²) in [6.45, 7) is 7.06. The van der Waals surface area contributed by atoms with E-state index in [4.69, 9.17) is 11.6 Å². The van der Waals surface area contributed by atoms with E-state index in [0.717, 1.165) is 17.9 Å². The van der Waals surface area contributed by atoms with E-state index in [2.05, 4.69) is 46.8 Å². The molecular weight excluding hydrogens is 266 g/mol. The van der Waals surface area contributed by atoms with Gasteiger partial charge in [0.05, 0.1) is 0 Å². The fraction of sp³-hybridized carbons (Fsp3) is 0.385. The Bertz CT molecular complexity index is 537. The monoisotopic (exact) mass is 281 g/mol. The van der Waals surface area contributed by atoms with Crippen molar-refractivity contribution in [3.8, 4) is 0 Å². The van der Waals surface area contributed by atoms with Gasteiger partial charge in [-0.05, 0) is 34.7 Å². The number of aromatic nitrogens is 2. The van der Waals surface area contributed by atoms with Gasteiger partial charge in [-0.2, -0.15) is 11.3 Å². The summed E-state index contributed by atoms with van der Waals surface area (Å²) in [7, 11) is 0. The number of rotatable bonds is 4. The predicted molar refractivity (Wildman–Crippen MR) is 77.5 cm³/mol. The zero-order chi connectivity index (χ0) is 13.1. The highest BCUT2D eigenvalue weighted by Gasteiger charge is 2.13. The van der Waals surface area contributed by atoms with Crippen LogP contribution in [0.4, 0.5) is 5.82 Å². The second-order valence-electron chi connectivity index (χ2n) is 4.52. The number of thiophene rings is 1. The number of nitrogens with one attached hydrogen (secondary N) is 1. The van der Waals surface area contributed by atoms with E-state index < -0.39 is 0 Å². The maximum Gasteiger partial charge on any atom is 0.138 e. The number of anilines is 1. The number of nitrogens with zero attached hydrogens (tertiary/aromatic N) is 2. The van der Waals surface area contributed by atoms with Crippen LogP contribution in [0, 0.1) is 6.92 Å². The molecule has 2 aromatic rings. The molecule has 0 aromatic carbocycles. The van der Waals surface area contributed by atoms with Gasteiger partial charge < -0.3 is 5.32 Å². The van der Waals surface area contributed by atoms with Crippen LogP contribution in [0.3, 0.4) is 0 Å². The molecule has 5 heteroatoms. The molecule has 0 bridgehead atoms. The summed E-state index contributed by atoms with van der Waals surface area (Å²) < 4.78 is 0. The molecule has 0 unspecified atom stereocenters. The Hall–Kier alpha value is -1.13. The summed E-state index contributed by atoms with van der Waals surface area (Å²) >= 11 is 7.84. The number of aryl methyl sites for hydroxylation is 1. The van der Waals surface area contributed by atoms with Crippen molar-refractivity contribution in [1.82, 2.24) is 9.97 Å². The minimum atomic E-state index is 0.296. The van der Waals surface area contributed by atoms with Crippen LogP contribution in [0.15, 0.2) is 17.1 Å². The third-order valence-electron chi connectivity index (χ3n) is 2.82. The van der Waals surface area contributed by atoms with Crippen LogP contribution in [-0.2, 0) is 6.54 Å². The van der Waals surface area contributed by atoms with Gasteiger partial charge in [0, 0.05) is 12.1 Å². The molecule has 0 fully saturated rings. The molecule has 96 valence electrons. The molecule has 0 saturated carbocycles. The molecule has 2 aromatic heterocycles. The van der Waals surface area contributed by atoms with Gasteiger partial charge in [0.25, 0.3) is 0 Å². The minimum Gasteiger partial charge on any atom is -0.366 e. The lowest BCUT2D eigenvalue weighted by atomic mass is 10.1. The molecule has 18 heavy (non-hydrogen) atoms. The van der Waals surface area contributed by atoms with Crippen molar-refractivity contribution in [3.05, 3.63) is 38.9 Å². The molecule has 0 aliphatic rings. The van der Waals surface area contributed by atoms with Gasteiger partial charge in [0.15, 0.2) is 0 Å². The Morgan fingerprint density at radius 1 is 1.33 bits per heavy atom. The lowest BCUT2D eigenvalue weighted by Gasteiger charge is -2.14. The fourth-order valence-corrected chi connectivity index (χ4v) is 2.98. The average Bonchev–Trinajstić information content (AvgIpc) is 2.71. The fourth-order valence-electron chi connectivity index (χ4n) is 1.77. The van der Waals surface area contributed by atoms with E-state index in [1.165, 1.54) is 17.5 Å². The molecule has 0 spiro atoms. The zero-order valence-electron chi connectivity index (χ0n) is 10.7. The topological polar surface area (TPSA) is 37.8 Å². The van der Waals surface area contributed by atoms with Crippen molar-refractivity contribution in [1.29, 1.82) is 0 Å². The first-order valence-electron chi connectivity index (χ1n) is 5.85. The molecular formula is C13H16ClN3S. The predicted octanol–water partition coefficient (Wildman–Crippen LogP) is 4.24. The van der Waals surface area contributed by atoms with Crippen LogP contribution in [-0.4, -0.2) is 9.97 Å². The Labute approximate surface area is 116 Å². The molecule has 0 aliphatic heterocycles. The van der Waals surface area contributed by atoms with Crippen molar-refractivity contribution >= 4 is 28.8 Å². The zero-order valence-corrected chi connectivity index (χ0v) is 12.3. The van der Waals surface area contributed by atoms with Crippen LogP contribution in [0.5, 0.6) is 0 Å². The van der Waals surface area contributed by atoms with Crippen LogP contribution >= 0.6 is 22.9 Å². The van der Waals surface area contributed by atoms with Gasteiger partial charge in [0.2, 0.25) is 0 Å². The van der Waals surface area contributed by atoms with Gasteiger partial charge >= 0.3 is 0 Å². The highest BCUT2D eigenvalue weighted by molar-refractivity contribution is 7.08. The molecule has 2 heterocycles. The summed E-state index contributed by atoms with van der Waals surface area (Å²) in [4.78, 5) is 8.33. The van der Waals surface area contributed by atoms with Crippen LogP contribution in [0.2, 0.25) is 5.15 Å². The standard InChI is InChI=1S/C13H16ClN3S/c1-8(2)11-12(14)16-7-17-13(11)15-4-10-6-18-5-9(10)3/h5-8H,4H2,1-3H3,(H,15,16,17). The number of hydrogen-bond donors (Lipinski definition) is 1. The maximum atomic E-state index is 6.13. The smallest absolute Gasteiger partial charge is 0.138 e. The molecule has 1 N–H and O–H groups in total. The van der Waals surface area contributed by atoms with Crippen molar-refractivity contribution in [3.63, 3.8) is 0 Å². The summed E-state index contributed by atoms with van der Waals surface area (Å²) in [5.74, 6) is 1.13. The second kappa shape index (κ2) is 5.67. The van der Waals surface area contributed by atoms with E-state index in [1.807, 2.05) is 0 Å². The number of hydrogen-bond acceptors (Lipinski definition) is 4. The molecule has 0 atom stereocenters.